The van der Waals surface area contributed by atoms with E-state index in [0.717, 1.165) is 51.4 Å². The molecule has 1 aromatic heterocycles. The second kappa shape index (κ2) is 10.2. The molecule has 3 fully saturated rings. The molecule has 1 aliphatic heterocycles. The molecular formula is C26H33N3O5. The molecule has 1 N–H and O–H groups in total. The second-order valence-electron chi connectivity index (χ2n) is 9.98. The zero-order chi connectivity index (χ0) is 23.5. The number of nitrogens with zero attached hydrogens (tertiary/aromatic N) is 2. The van der Waals surface area contributed by atoms with Crippen molar-refractivity contribution in [3.63, 3.8) is 0 Å². The molecule has 5 rings (SSSR count). The van der Waals surface area contributed by atoms with Gasteiger partial charge in [-0.15, -0.1) is 0 Å². The predicted octanol–water partition coefficient (Wildman–Crippen LogP) is 4.48. The summed E-state index contributed by atoms with van der Waals surface area (Å²) >= 11 is 0. The summed E-state index contributed by atoms with van der Waals surface area (Å²) < 4.78 is 11.4. The molecule has 182 valence electrons. The Morgan fingerprint density at radius 2 is 1.76 bits per heavy atom. The number of carbonyl (C=O) groups is 3. The molecule has 2 aromatic rings. The van der Waals surface area contributed by atoms with Gasteiger partial charge in [0, 0.05) is 13.1 Å². The van der Waals surface area contributed by atoms with E-state index in [9.17, 15) is 14.4 Å². The van der Waals surface area contributed by atoms with Crippen molar-refractivity contribution in [2.45, 2.75) is 76.4 Å². The maximum absolute atomic E-state index is 13.2. The minimum absolute atomic E-state index is 0.00898. The van der Waals surface area contributed by atoms with Gasteiger partial charge in [0.15, 0.2) is 11.7 Å². The lowest BCUT2D eigenvalue weighted by molar-refractivity contribution is -0.140. The molecule has 0 bridgehead atoms. The Morgan fingerprint density at radius 3 is 2.47 bits per heavy atom. The number of nitrogens with one attached hydrogen (secondary N) is 1. The van der Waals surface area contributed by atoms with Gasteiger partial charge in [-0.3, -0.25) is 9.59 Å². The number of rotatable bonds is 8. The van der Waals surface area contributed by atoms with E-state index in [1.54, 1.807) is 12.1 Å². The number of hydrogen-bond acceptors (Lipinski definition) is 6. The minimum Gasteiger partial charge on any atom is -0.436 e. The Hall–Kier alpha value is -2.90. The molecule has 2 heterocycles. The Balaban J connectivity index is 1.27. The molecule has 3 aliphatic rings. The van der Waals surface area contributed by atoms with E-state index >= 15 is 0 Å². The lowest BCUT2D eigenvalue weighted by Crippen LogP contribution is -2.47. The SMILES string of the molecule is O=C(NC(C(=O)c1nc2ccccc2o1)C1CC1)OC(CC1CCCCC1)C(=O)N1CCCC1. The molecule has 34 heavy (non-hydrogen) atoms. The Bertz CT molecular complexity index is 1000. The van der Waals surface area contributed by atoms with Crippen molar-refractivity contribution in [3.8, 4) is 0 Å². The van der Waals surface area contributed by atoms with Gasteiger partial charge in [-0.2, -0.15) is 0 Å². The van der Waals surface area contributed by atoms with E-state index in [0.29, 0.717) is 36.5 Å². The number of likely N-dealkylation sites (tertiary alicyclic amines) is 1. The molecule has 2 saturated carbocycles. The van der Waals surface area contributed by atoms with Crippen LogP contribution in [0.25, 0.3) is 11.1 Å². The van der Waals surface area contributed by atoms with Crippen molar-refractivity contribution in [1.82, 2.24) is 15.2 Å². The topological polar surface area (TPSA) is 102 Å². The molecule has 2 atom stereocenters. The third-order valence-electron chi connectivity index (χ3n) is 7.37. The smallest absolute Gasteiger partial charge is 0.408 e. The number of fused-ring (bicyclic) bond motifs is 1. The van der Waals surface area contributed by atoms with Crippen LogP contribution in [0.1, 0.15) is 74.9 Å². The predicted molar refractivity (Wildman–Crippen MR) is 125 cm³/mol. The fraction of sp³-hybridized carbons (Fsp3) is 0.615. The maximum atomic E-state index is 13.2. The van der Waals surface area contributed by atoms with Crippen molar-refractivity contribution >= 4 is 28.9 Å². The summed E-state index contributed by atoms with van der Waals surface area (Å²) in [5.74, 6) is -0.0537. The summed E-state index contributed by atoms with van der Waals surface area (Å²) in [6.45, 7) is 1.43. The van der Waals surface area contributed by atoms with Crippen molar-refractivity contribution in [2.75, 3.05) is 13.1 Å². The number of ether oxygens (including phenoxy) is 1. The molecule has 2 unspecified atom stereocenters. The van der Waals surface area contributed by atoms with Crippen LogP contribution in [0, 0.1) is 11.8 Å². The van der Waals surface area contributed by atoms with Crippen LogP contribution in [0.2, 0.25) is 0 Å². The van der Waals surface area contributed by atoms with Crippen LogP contribution in [-0.2, 0) is 9.53 Å². The van der Waals surface area contributed by atoms with Crippen LogP contribution >= 0.6 is 0 Å². The highest BCUT2D eigenvalue weighted by Gasteiger charge is 2.41. The molecule has 2 amide bonds. The number of oxazole rings is 1. The summed E-state index contributed by atoms with van der Waals surface area (Å²) in [5.41, 5.74) is 1.14. The van der Waals surface area contributed by atoms with Crippen molar-refractivity contribution in [3.05, 3.63) is 30.2 Å². The average molecular weight is 468 g/mol. The first-order valence-electron chi connectivity index (χ1n) is 12.7. The number of amides is 2. The number of para-hydroxylation sites is 2. The van der Waals surface area contributed by atoms with E-state index in [1.165, 1.54) is 6.42 Å². The fourth-order valence-corrected chi connectivity index (χ4v) is 5.29. The van der Waals surface area contributed by atoms with Gasteiger partial charge in [-0.05, 0) is 56.1 Å². The van der Waals surface area contributed by atoms with Gasteiger partial charge in [0.2, 0.25) is 5.78 Å². The molecular weight excluding hydrogens is 434 g/mol. The first-order chi connectivity index (χ1) is 16.6. The van der Waals surface area contributed by atoms with Crippen LogP contribution in [0.5, 0.6) is 0 Å². The molecule has 2 aliphatic carbocycles. The summed E-state index contributed by atoms with van der Waals surface area (Å²) in [6.07, 6.45) is 8.35. The average Bonchev–Trinajstić information content (AvgIpc) is 3.36. The van der Waals surface area contributed by atoms with Crippen LogP contribution in [0.3, 0.4) is 0 Å². The zero-order valence-electron chi connectivity index (χ0n) is 19.5. The largest absolute Gasteiger partial charge is 0.436 e. The lowest BCUT2D eigenvalue weighted by Gasteiger charge is -2.29. The fourth-order valence-electron chi connectivity index (χ4n) is 5.29. The summed E-state index contributed by atoms with van der Waals surface area (Å²) in [7, 11) is 0. The maximum Gasteiger partial charge on any atom is 0.408 e. The first kappa shape index (κ1) is 22.9. The van der Waals surface area contributed by atoms with Gasteiger partial charge in [0.05, 0.1) is 0 Å². The zero-order valence-corrected chi connectivity index (χ0v) is 19.5. The molecule has 0 spiro atoms. The minimum atomic E-state index is -0.805. The van der Waals surface area contributed by atoms with Crippen LogP contribution in [-0.4, -0.2) is 52.9 Å². The number of alkyl carbamates (subject to hydrolysis) is 1. The third kappa shape index (κ3) is 5.26. The van der Waals surface area contributed by atoms with E-state index in [1.807, 2.05) is 17.0 Å². The van der Waals surface area contributed by atoms with E-state index in [2.05, 4.69) is 10.3 Å². The molecule has 0 radical (unpaired) electrons. The third-order valence-corrected chi connectivity index (χ3v) is 7.37. The second-order valence-corrected chi connectivity index (χ2v) is 9.98. The Labute approximate surface area is 199 Å². The van der Waals surface area contributed by atoms with Crippen molar-refractivity contribution in [1.29, 1.82) is 0 Å². The van der Waals surface area contributed by atoms with Gasteiger partial charge >= 0.3 is 6.09 Å². The Kier molecular flexibility index (Phi) is 6.83. The summed E-state index contributed by atoms with van der Waals surface area (Å²) in [6, 6.07) is 6.42. The Morgan fingerprint density at radius 1 is 1.03 bits per heavy atom. The van der Waals surface area contributed by atoms with Crippen LogP contribution in [0.4, 0.5) is 4.79 Å². The number of Topliss-reactive ketones (excluding diaryl/α,β-unsaturated/α-hetero) is 1. The van der Waals surface area contributed by atoms with Crippen molar-refractivity contribution < 1.29 is 23.5 Å². The van der Waals surface area contributed by atoms with E-state index in [-0.39, 0.29) is 23.5 Å². The van der Waals surface area contributed by atoms with Gasteiger partial charge < -0.3 is 19.4 Å². The standard InChI is InChI=1S/C26H33N3O5/c30-23(24-27-19-10-4-5-11-20(19)33-24)22(18-12-13-18)28-26(32)34-21(16-17-8-2-1-3-9-17)25(31)29-14-6-7-15-29/h4-5,10-11,17-18,21-22H,1-3,6-9,12-16H2,(H,28,32). The van der Waals surface area contributed by atoms with E-state index < -0.39 is 18.2 Å². The monoisotopic (exact) mass is 467 g/mol. The van der Waals surface area contributed by atoms with Gasteiger partial charge in [-0.25, -0.2) is 9.78 Å². The molecule has 8 heteroatoms. The lowest BCUT2D eigenvalue weighted by atomic mass is 9.85. The quantitative estimate of drug-likeness (QED) is 0.575. The summed E-state index contributed by atoms with van der Waals surface area (Å²) in [4.78, 5) is 45.4. The van der Waals surface area contributed by atoms with Crippen LogP contribution in [0.15, 0.2) is 28.7 Å². The number of benzene rings is 1. The van der Waals surface area contributed by atoms with Gasteiger partial charge in [0.1, 0.15) is 11.6 Å². The van der Waals surface area contributed by atoms with Crippen LogP contribution < -0.4 is 5.32 Å². The van der Waals surface area contributed by atoms with Gasteiger partial charge in [0.25, 0.3) is 11.8 Å². The highest BCUT2D eigenvalue weighted by molar-refractivity contribution is 6.00. The normalized spacial score (nSPS) is 20.8. The van der Waals surface area contributed by atoms with Gasteiger partial charge in [-0.1, -0.05) is 44.2 Å². The highest BCUT2D eigenvalue weighted by atomic mass is 16.6. The number of hydrogen-bond donors (Lipinski definition) is 1. The number of ketones is 1. The highest BCUT2D eigenvalue weighted by Crippen LogP contribution is 2.35. The molecule has 8 nitrogen and oxygen atoms in total. The first-order valence-corrected chi connectivity index (χ1v) is 12.7. The molecule has 1 saturated heterocycles. The van der Waals surface area contributed by atoms with E-state index in [4.69, 9.17) is 9.15 Å². The summed E-state index contributed by atoms with van der Waals surface area (Å²) in [5, 5.41) is 2.75. The number of aromatic nitrogens is 1. The molecule has 1 aromatic carbocycles. The number of carbonyl (C=O) groups excluding carboxylic acids is 3. The van der Waals surface area contributed by atoms with Crippen molar-refractivity contribution in [2.24, 2.45) is 11.8 Å².